The second-order valence-electron chi connectivity index (χ2n) is 6.31. The zero-order valence-corrected chi connectivity index (χ0v) is 16.5. The zero-order valence-electron chi connectivity index (χ0n) is 14.9. The monoisotopic (exact) mass is 408 g/mol. The van der Waals surface area contributed by atoms with Crippen LogP contribution in [0.4, 0.5) is 0 Å². The number of nitrogens with two attached hydrogens (primary N) is 1. The van der Waals surface area contributed by atoms with Crippen molar-refractivity contribution in [1.29, 1.82) is 0 Å². The fourth-order valence-corrected chi connectivity index (χ4v) is 3.51. The van der Waals surface area contributed by atoms with Gasteiger partial charge in [-0.05, 0) is 44.0 Å². The maximum Gasteiger partial charge on any atom is 0.276 e. The summed E-state index contributed by atoms with van der Waals surface area (Å²) in [5.41, 5.74) is 8.66. The van der Waals surface area contributed by atoms with E-state index < -0.39 is 0 Å². The molecule has 3 heterocycles. The first-order chi connectivity index (χ1) is 12.2. The summed E-state index contributed by atoms with van der Waals surface area (Å²) in [5, 5.41) is 9.38. The minimum Gasteiger partial charge on any atom is -0.333 e. The molecule has 1 fully saturated rings. The van der Waals surface area contributed by atoms with Crippen LogP contribution in [0.25, 0.3) is 16.6 Å². The largest absolute Gasteiger partial charge is 0.333 e. The van der Waals surface area contributed by atoms with E-state index >= 15 is 0 Å². The number of hydrogen-bond donors (Lipinski definition) is 1. The molecule has 0 saturated carbocycles. The number of halogens is 2. The van der Waals surface area contributed by atoms with Gasteiger partial charge < -0.3 is 10.6 Å². The van der Waals surface area contributed by atoms with Gasteiger partial charge >= 0.3 is 0 Å². The molecule has 0 aliphatic carbocycles. The molecule has 1 unspecified atom stereocenters. The van der Waals surface area contributed by atoms with Crippen LogP contribution in [0.1, 0.15) is 29.0 Å². The molecule has 0 bridgehead atoms. The number of fused-ring (bicyclic) bond motifs is 1. The quantitative estimate of drug-likeness (QED) is 0.718. The van der Waals surface area contributed by atoms with Crippen molar-refractivity contribution in [3.05, 3.63) is 47.9 Å². The van der Waals surface area contributed by atoms with Gasteiger partial charge in [0.2, 0.25) is 0 Å². The van der Waals surface area contributed by atoms with Gasteiger partial charge in [0, 0.05) is 30.7 Å². The van der Waals surface area contributed by atoms with Crippen LogP contribution in [-0.4, -0.2) is 49.9 Å². The Labute approximate surface area is 169 Å². The van der Waals surface area contributed by atoms with E-state index in [2.05, 4.69) is 15.3 Å². The molecule has 1 aliphatic rings. The van der Waals surface area contributed by atoms with Crippen molar-refractivity contribution >= 4 is 41.6 Å². The van der Waals surface area contributed by atoms with Crippen LogP contribution in [-0.2, 0) is 0 Å². The van der Waals surface area contributed by atoms with Gasteiger partial charge in [-0.25, -0.2) is 4.68 Å². The number of aromatic nitrogens is 4. The van der Waals surface area contributed by atoms with Crippen molar-refractivity contribution in [1.82, 2.24) is 24.9 Å². The molecule has 0 spiro atoms. The van der Waals surface area contributed by atoms with Crippen molar-refractivity contribution in [2.45, 2.75) is 25.8 Å². The maximum atomic E-state index is 12.9. The number of carbonyl (C=O) groups is 1. The van der Waals surface area contributed by atoms with Crippen molar-refractivity contribution < 1.29 is 4.79 Å². The lowest BCUT2D eigenvalue weighted by Crippen LogP contribution is -2.40. The fourth-order valence-electron chi connectivity index (χ4n) is 3.51. The lowest BCUT2D eigenvalue weighted by atomic mass is 10.1. The summed E-state index contributed by atoms with van der Waals surface area (Å²) in [7, 11) is 0. The Kier molecular flexibility index (Phi) is 6.75. The molecule has 9 heteroatoms. The van der Waals surface area contributed by atoms with Gasteiger partial charge in [0.15, 0.2) is 5.69 Å². The standard InChI is InChI=1S/C18H20N6O.2ClH/c1-12-17(18(25)23-10-4-5-13(23)11-19)21-22-24(12)16-8-2-7-15-14(16)6-3-9-20-15;;/h2-3,6-9,13H,4-5,10-11,19H2,1H3;2*1H. The van der Waals surface area contributed by atoms with Crippen molar-refractivity contribution in [2.75, 3.05) is 13.1 Å². The van der Waals surface area contributed by atoms with Gasteiger partial charge in [-0.3, -0.25) is 9.78 Å². The summed E-state index contributed by atoms with van der Waals surface area (Å²) in [6.07, 6.45) is 3.69. The zero-order chi connectivity index (χ0) is 17.4. The van der Waals surface area contributed by atoms with Gasteiger partial charge in [0.1, 0.15) is 0 Å². The minimum absolute atomic E-state index is 0. The van der Waals surface area contributed by atoms with Crippen LogP contribution in [0.2, 0.25) is 0 Å². The molecular weight excluding hydrogens is 387 g/mol. The summed E-state index contributed by atoms with van der Waals surface area (Å²) < 4.78 is 1.71. The highest BCUT2D eigenvalue weighted by Crippen LogP contribution is 2.24. The number of rotatable bonds is 3. The van der Waals surface area contributed by atoms with Crippen molar-refractivity contribution in [3.8, 4) is 5.69 Å². The SMILES string of the molecule is Cc1c(C(=O)N2CCCC2CN)nnn1-c1cccc2ncccc12.Cl.Cl. The average Bonchev–Trinajstić information content (AvgIpc) is 3.27. The van der Waals surface area contributed by atoms with E-state index in [0.29, 0.717) is 12.2 Å². The molecule has 7 nitrogen and oxygen atoms in total. The van der Waals surface area contributed by atoms with Crippen LogP contribution in [0.3, 0.4) is 0 Å². The molecule has 144 valence electrons. The van der Waals surface area contributed by atoms with Crippen molar-refractivity contribution in [2.24, 2.45) is 5.73 Å². The number of carbonyl (C=O) groups excluding carboxylic acids is 1. The first-order valence-corrected chi connectivity index (χ1v) is 8.48. The molecular formula is C18H22Cl2N6O. The van der Waals surface area contributed by atoms with E-state index in [4.69, 9.17) is 5.73 Å². The summed E-state index contributed by atoms with van der Waals surface area (Å²) >= 11 is 0. The van der Waals surface area contributed by atoms with E-state index in [1.54, 1.807) is 10.9 Å². The Morgan fingerprint density at radius 2 is 2.07 bits per heavy atom. The Morgan fingerprint density at radius 3 is 2.85 bits per heavy atom. The van der Waals surface area contributed by atoms with E-state index in [9.17, 15) is 4.79 Å². The van der Waals surface area contributed by atoms with Gasteiger partial charge in [0.05, 0.1) is 16.9 Å². The van der Waals surface area contributed by atoms with Crippen LogP contribution in [0, 0.1) is 6.92 Å². The summed E-state index contributed by atoms with van der Waals surface area (Å²) in [4.78, 5) is 19.1. The number of benzene rings is 1. The highest BCUT2D eigenvalue weighted by molar-refractivity contribution is 5.94. The van der Waals surface area contributed by atoms with Crippen LogP contribution in [0.5, 0.6) is 0 Å². The normalized spacial score (nSPS) is 16.1. The van der Waals surface area contributed by atoms with Gasteiger partial charge in [0.25, 0.3) is 5.91 Å². The molecule has 1 aliphatic heterocycles. The van der Waals surface area contributed by atoms with Crippen LogP contribution < -0.4 is 5.73 Å². The number of amides is 1. The van der Waals surface area contributed by atoms with Crippen LogP contribution >= 0.6 is 24.8 Å². The van der Waals surface area contributed by atoms with Crippen LogP contribution in [0.15, 0.2) is 36.5 Å². The molecule has 2 N–H and O–H groups in total. The molecule has 27 heavy (non-hydrogen) atoms. The highest BCUT2D eigenvalue weighted by Gasteiger charge is 2.31. The second-order valence-corrected chi connectivity index (χ2v) is 6.31. The molecule has 3 aromatic rings. The summed E-state index contributed by atoms with van der Waals surface area (Å²) in [5.74, 6) is -0.0879. The predicted molar refractivity (Wildman–Crippen MR) is 109 cm³/mol. The topological polar surface area (TPSA) is 89.9 Å². The number of nitrogens with zero attached hydrogens (tertiary/aromatic N) is 5. The Balaban J connectivity index is 0.00000131. The van der Waals surface area contributed by atoms with Gasteiger partial charge in [-0.15, -0.1) is 29.9 Å². The molecule has 1 saturated heterocycles. The second kappa shape index (κ2) is 8.65. The summed E-state index contributed by atoms with van der Waals surface area (Å²) in [6.45, 7) is 3.08. The molecule has 1 atom stereocenters. The fraction of sp³-hybridized carbons (Fsp3) is 0.333. The van der Waals surface area contributed by atoms with Crippen molar-refractivity contribution in [3.63, 3.8) is 0 Å². The Bertz CT molecular complexity index is 939. The highest BCUT2D eigenvalue weighted by atomic mass is 35.5. The third-order valence-corrected chi connectivity index (χ3v) is 4.86. The van der Waals surface area contributed by atoms with E-state index in [1.807, 2.05) is 42.2 Å². The van der Waals surface area contributed by atoms with Gasteiger partial charge in [-0.1, -0.05) is 11.3 Å². The lowest BCUT2D eigenvalue weighted by Gasteiger charge is -2.22. The third-order valence-electron chi connectivity index (χ3n) is 4.86. The summed E-state index contributed by atoms with van der Waals surface area (Å²) in [6, 6.07) is 9.81. The number of pyridine rings is 1. The average molecular weight is 409 g/mol. The first-order valence-electron chi connectivity index (χ1n) is 8.48. The molecule has 2 aromatic heterocycles. The Hall–Kier alpha value is -2.22. The predicted octanol–water partition coefficient (Wildman–Crippen LogP) is 2.53. The molecule has 1 aromatic carbocycles. The molecule has 4 rings (SSSR count). The molecule has 0 radical (unpaired) electrons. The van der Waals surface area contributed by atoms with E-state index in [1.165, 1.54) is 0 Å². The first kappa shape index (κ1) is 21.1. The number of likely N-dealkylation sites (tertiary alicyclic amines) is 1. The van der Waals surface area contributed by atoms with E-state index in [-0.39, 0.29) is 36.8 Å². The minimum atomic E-state index is -0.0879. The van der Waals surface area contributed by atoms with E-state index in [0.717, 1.165) is 41.7 Å². The number of hydrogen-bond acceptors (Lipinski definition) is 5. The third kappa shape index (κ3) is 3.63. The Morgan fingerprint density at radius 1 is 1.26 bits per heavy atom. The molecule has 1 amide bonds. The lowest BCUT2D eigenvalue weighted by molar-refractivity contribution is 0.0734. The maximum absolute atomic E-state index is 12.9. The van der Waals surface area contributed by atoms with Gasteiger partial charge in [-0.2, -0.15) is 0 Å². The smallest absolute Gasteiger partial charge is 0.276 e.